The molecule has 0 saturated carbocycles. The molecule has 0 radical (unpaired) electrons. The SMILES string of the molecule is Cc1coc2c1/C(=N/N=C(N)N)CC(c1cccc(Cl)c1Cl)C2. The van der Waals surface area contributed by atoms with Crippen molar-refractivity contribution in [2.45, 2.75) is 25.7 Å². The Kier molecular flexibility index (Phi) is 4.33. The van der Waals surface area contributed by atoms with E-state index in [2.05, 4.69) is 10.2 Å². The minimum Gasteiger partial charge on any atom is -0.468 e. The molecule has 0 saturated heterocycles. The smallest absolute Gasteiger partial charge is 0.211 e. The summed E-state index contributed by atoms with van der Waals surface area (Å²) >= 11 is 12.5. The van der Waals surface area contributed by atoms with Gasteiger partial charge in [0.1, 0.15) is 5.76 Å². The van der Waals surface area contributed by atoms with Gasteiger partial charge in [-0.2, -0.15) is 5.10 Å². The molecule has 1 aliphatic rings. The number of nitrogens with two attached hydrogens (primary N) is 2. The first-order valence-electron chi connectivity index (χ1n) is 7.14. The van der Waals surface area contributed by atoms with Crippen molar-refractivity contribution in [2.24, 2.45) is 21.7 Å². The van der Waals surface area contributed by atoms with E-state index < -0.39 is 0 Å². The first-order valence-corrected chi connectivity index (χ1v) is 7.89. The zero-order chi connectivity index (χ0) is 16.6. The molecular weight excluding hydrogens is 335 g/mol. The summed E-state index contributed by atoms with van der Waals surface area (Å²) in [6, 6.07) is 5.63. The number of nitrogens with zero attached hydrogens (tertiary/aromatic N) is 2. The van der Waals surface area contributed by atoms with E-state index in [1.807, 2.05) is 19.1 Å². The zero-order valence-corrected chi connectivity index (χ0v) is 14.0. The standard InChI is InChI=1S/C16H16Cl2N4O/c1-8-7-23-13-6-9(10-3-2-4-11(17)15(10)18)5-12(14(8)13)21-22-16(19)20/h2-4,7,9H,5-6H2,1H3,(H4,19,20,22)/b21-12+. The van der Waals surface area contributed by atoms with Crippen molar-refractivity contribution in [1.82, 2.24) is 0 Å². The normalized spacial score (nSPS) is 18.7. The summed E-state index contributed by atoms with van der Waals surface area (Å²) < 4.78 is 5.68. The number of hydrogen-bond acceptors (Lipinski definition) is 3. The number of benzene rings is 1. The Morgan fingerprint density at radius 3 is 2.78 bits per heavy atom. The van der Waals surface area contributed by atoms with E-state index in [1.165, 1.54) is 0 Å². The van der Waals surface area contributed by atoms with Gasteiger partial charge in [0.05, 0.1) is 22.0 Å². The number of rotatable bonds is 2. The fraction of sp³-hybridized carbons (Fsp3) is 0.250. The van der Waals surface area contributed by atoms with Crippen LogP contribution in [0.4, 0.5) is 0 Å². The topological polar surface area (TPSA) is 89.9 Å². The molecule has 1 atom stereocenters. The Hall–Kier alpha value is -1.98. The molecule has 1 aromatic heterocycles. The molecule has 0 fully saturated rings. The average Bonchev–Trinajstić information content (AvgIpc) is 2.89. The summed E-state index contributed by atoms with van der Waals surface area (Å²) in [5.41, 5.74) is 14.5. The second kappa shape index (κ2) is 6.26. The summed E-state index contributed by atoms with van der Waals surface area (Å²) in [7, 11) is 0. The van der Waals surface area contributed by atoms with Gasteiger partial charge >= 0.3 is 0 Å². The maximum absolute atomic E-state index is 6.36. The molecular formula is C16H16Cl2N4O. The van der Waals surface area contributed by atoms with Gasteiger partial charge in [0.2, 0.25) is 5.96 Å². The summed E-state index contributed by atoms with van der Waals surface area (Å²) in [5, 5.41) is 9.10. The first-order chi connectivity index (χ1) is 11.0. The van der Waals surface area contributed by atoms with Gasteiger partial charge in [0.25, 0.3) is 0 Å². The molecule has 1 heterocycles. The van der Waals surface area contributed by atoms with Gasteiger partial charge < -0.3 is 15.9 Å². The van der Waals surface area contributed by atoms with Crippen molar-refractivity contribution >= 4 is 34.9 Å². The third-order valence-electron chi connectivity index (χ3n) is 3.92. The Morgan fingerprint density at radius 1 is 1.26 bits per heavy atom. The van der Waals surface area contributed by atoms with E-state index in [9.17, 15) is 0 Å². The van der Waals surface area contributed by atoms with Crippen molar-refractivity contribution in [3.63, 3.8) is 0 Å². The molecule has 1 aliphatic carbocycles. The number of halogens is 2. The lowest BCUT2D eigenvalue weighted by Crippen LogP contribution is -2.23. The Balaban J connectivity index is 2.06. The van der Waals surface area contributed by atoms with E-state index in [-0.39, 0.29) is 11.9 Å². The van der Waals surface area contributed by atoms with Gasteiger partial charge in [-0.3, -0.25) is 0 Å². The van der Waals surface area contributed by atoms with E-state index in [1.54, 1.807) is 12.3 Å². The van der Waals surface area contributed by atoms with Crippen LogP contribution < -0.4 is 11.5 Å². The van der Waals surface area contributed by atoms with Crippen LogP contribution in [-0.4, -0.2) is 11.7 Å². The Bertz CT molecular complexity index is 806. The zero-order valence-electron chi connectivity index (χ0n) is 12.5. The highest BCUT2D eigenvalue weighted by molar-refractivity contribution is 6.42. The molecule has 1 unspecified atom stereocenters. The highest BCUT2D eigenvalue weighted by Gasteiger charge is 2.30. The number of fused-ring (bicyclic) bond motifs is 1. The number of guanidine groups is 1. The minimum atomic E-state index is -0.0805. The highest BCUT2D eigenvalue weighted by atomic mass is 35.5. The first kappa shape index (κ1) is 15.9. The summed E-state index contributed by atoms with van der Waals surface area (Å²) in [4.78, 5) is 0. The predicted molar refractivity (Wildman–Crippen MR) is 93.3 cm³/mol. The fourth-order valence-corrected chi connectivity index (χ4v) is 3.39. The van der Waals surface area contributed by atoms with E-state index in [0.29, 0.717) is 16.5 Å². The molecule has 0 spiro atoms. The number of hydrogen-bond donors (Lipinski definition) is 2. The molecule has 5 nitrogen and oxygen atoms in total. The molecule has 0 amide bonds. The van der Waals surface area contributed by atoms with Crippen LogP contribution in [0.1, 0.15) is 34.8 Å². The van der Waals surface area contributed by atoms with Crippen molar-refractivity contribution in [2.75, 3.05) is 0 Å². The second-order valence-electron chi connectivity index (χ2n) is 5.54. The Labute approximate surface area is 144 Å². The fourth-order valence-electron chi connectivity index (χ4n) is 2.93. The van der Waals surface area contributed by atoms with Crippen LogP contribution in [0.2, 0.25) is 10.0 Å². The van der Waals surface area contributed by atoms with Crippen LogP contribution in [0.5, 0.6) is 0 Å². The van der Waals surface area contributed by atoms with Crippen molar-refractivity contribution < 1.29 is 4.42 Å². The third-order valence-corrected chi connectivity index (χ3v) is 4.75. The van der Waals surface area contributed by atoms with Gasteiger partial charge in [0, 0.05) is 12.0 Å². The quantitative estimate of drug-likeness (QED) is 0.492. The van der Waals surface area contributed by atoms with Gasteiger partial charge in [-0.1, -0.05) is 35.3 Å². The van der Waals surface area contributed by atoms with E-state index in [0.717, 1.165) is 34.6 Å². The second-order valence-corrected chi connectivity index (χ2v) is 6.32. The van der Waals surface area contributed by atoms with Crippen molar-refractivity contribution in [3.05, 3.63) is 57.0 Å². The maximum atomic E-state index is 6.36. The molecule has 23 heavy (non-hydrogen) atoms. The van der Waals surface area contributed by atoms with Crippen LogP contribution in [0.15, 0.2) is 39.1 Å². The maximum Gasteiger partial charge on any atom is 0.211 e. The van der Waals surface area contributed by atoms with Gasteiger partial charge in [-0.05, 0) is 36.5 Å². The van der Waals surface area contributed by atoms with Crippen LogP contribution in [0.25, 0.3) is 0 Å². The van der Waals surface area contributed by atoms with Crippen LogP contribution in [0.3, 0.4) is 0 Å². The molecule has 0 aliphatic heterocycles. The minimum absolute atomic E-state index is 0.0805. The lowest BCUT2D eigenvalue weighted by Gasteiger charge is -2.24. The van der Waals surface area contributed by atoms with Crippen LogP contribution in [0, 0.1) is 6.92 Å². The number of furan rings is 1. The summed E-state index contributed by atoms with van der Waals surface area (Å²) in [6.07, 6.45) is 3.10. The molecule has 1 aromatic carbocycles. The van der Waals surface area contributed by atoms with Gasteiger partial charge in [0.15, 0.2) is 0 Å². The summed E-state index contributed by atoms with van der Waals surface area (Å²) in [5.74, 6) is 0.884. The van der Waals surface area contributed by atoms with E-state index in [4.69, 9.17) is 39.1 Å². The summed E-state index contributed by atoms with van der Waals surface area (Å²) in [6.45, 7) is 1.97. The molecule has 120 valence electrons. The third kappa shape index (κ3) is 3.07. The molecule has 3 rings (SSSR count). The van der Waals surface area contributed by atoms with E-state index >= 15 is 0 Å². The van der Waals surface area contributed by atoms with Crippen LogP contribution >= 0.6 is 23.2 Å². The number of aryl methyl sites for hydroxylation is 1. The monoisotopic (exact) mass is 350 g/mol. The predicted octanol–water partition coefficient (Wildman–Crippen LogP) is 3.60. The highest BCUT2D eigenvalue weighted by Crippen LogP contribution is 2.39. The van der Waals surface area contributed by atoms with Crippen molar-refractivity contribution in [3.8, 4) is 0 Å². The molecule has 7 heteroatoms. The lowest BCUT2D eigenvalue weighted by molar-refractivity contribution is 0.480. The lowest BCUT2D eigenvalue weighted by atomic mass is 9.81. The molecule has 2 aromatic rings. The van der Waals surface area contributed by atoms with Gasteiger partial charge in [-0.15, -0.1) is 5.10 Å². The molecule has 4 N–H and O–H groups in total. The Morgan fingerprint density at radius 2 is 2.04 bits per heavy atom. The van der Waals surface area contributed by atoms with Gasteiger partial charge in [-0.25, -0.2) is 0 Å². The largest absolute Gasteiger partial charge is 0.468 e. The molecule has 0 bridgehead atoms. The average molecular weight is 351 g/mol. The van der Waals surface area contributed by atoms with Crippen molar-refractivity contribution in [1.29, 1.82) is 0 Å². The van der Waals surface area contributed by atoms with Crippen LogP contribution in [-0.2, 0) is 6.42 Å².